The first-order valence-corrected chi connectivity index (χ1v) is 6.72. The summed E-state index contributed by atoms with van der Waals surface area (Å²) < 4.78 is 2.29. The van der Waals surface area contributed by atoms with E-state index in [9.17, 15) is 19.7 Å². The standard InChI is InChI=1S/C15H12N4O4/c1-17-13-11(14(20)18(2)15(17)21)6-7-12(16-13)9-4-3-5-10(8-9)19(22)23/h3-8H,1-2H3. The van der Waals surface area contributed by atoms with Gasteiger partial charge in [-0.3, -0.25) is 24.0 Å². The van der Waals surface area contributed by atoms with Crippen molar-refractivity contribution in [2.75, 3.05) is 0 Å². The van der Waals surface area contributed by atoms with Crippen molar-refractivity contribution in [3.05, 3.63) is 67.4 Å². The quantitative estimate of drug-likeness (QED) is 0.523. The van der Waals surface area contributed by atoms with Crippen molar-refractivity contribution < 1.29 is 4.92 Å². The van der Waals surface area contributed by atoms with E-state index in [0.29, 0.717) is 16.6 Å². The fraction of sp³-hybridized carbons (Fsp3) is 0.133. The van der Waals surface area contributed by atoms with Gasteiger partial charge in [-0.1, -0.05) is 12.1 Å². The molecule has 0 saturated heterocycles. The first-order valence-electron chi connectivity index (χ1n) is 6.72. The molecule has 116 valence electrons. The number of aryl methyl sites for hydroxylation is 1. The van der Waals surface area contributed by atoms with E-state index in [1.54, 1.807) is 24.3 Å². The van der Waals surface area contributed by atoms with Gasteiger partial charge in [0.15, 0.2) is 0 Å². The van der Waals surface area contributed by atoms with Gasteiger partial charge in [0, 0.05) is 31.8 Å². The molecule has 0 aliphatic rings. The van der Waals surface area contributed by atoms with Crippen molar-refractivity contribution in [2.45, 2.75) is 0 Å². The lowest BCUT2D eigenvalue weighted by atomic mass is 10.1. The van der Waals surface area contributed by atoms with Crippen LogP contribution < -0.4 is 11.2 Å². The molecule has 0 radical (unpaired) electrons. The summed E-state index contributed by atoms with van der Waals surface area (Å²) in [7, 11) is 2.92. The highest BCUT2D eigenvalue weighted by molar-refractivity contribution is 5.78. The Balaban J connectivity index is 2.30. The average Bonchev–Trinajstić information content (AvgIpc) is 2.57. The number of hydrogen-bond donors (Lipinski definition) is 0. The highest BCUT2D eigenvalue weighted by Crippen LogP contribution is 2.23. The Bertz CT molecular complexity index is 1070. The molecule has 0 aliphatic heterocycles. The van der Waals surface area contributed by atoms with Gasteiger partial charge in [-0.05, 0) is 12.1 Å². The van der Waals surface area contributed by atoms with E-state index in [1.165, 1.54) is 30.8 Å². The van der Waals surface area contributed by atoms with Gasteiger partial charge in [-0.25, -0.2) is 9.78 Å². The van der Waals surface area contributed by atoms with E-state index < -0.39 is 16.2 Å². The van der Waals surface area contributed by atoms with Crippen molar-refractivity contribution in [3.63, 3.8) is 0 Å². The number of nitrogens with zero attached hydrogens (tertiary/aromatic N) is 4. The zero-order valence-electron chi connectivity index (χ0n) is 12.4. The van der Waals surface area contributed by atoms with E-state index in [2.05, 4.69) is 4.98 Å². The highest BCUT2D eigenvalue weighted by Gasteiger charge is 2.12. The van der Waals surface area contributed by atoms with Crippen molar-refractivity contribution in [2.24, 2.45) is 14.1 Å². The zero-order valence-corrected chi connectivity index (χ0v) is 12.4. The van der Waals surface area contributed by atoms with Crippen LogP contribution in [0.3, 0.4) is 0 Å². The lowest BCUT2D eigenvalue weighted by molar-refractivity contribution is -0.384. The van der Waals surface area contributed by atoms with Gasteiger partial charge in [0.05, 0.1) is 16.0 Å². The Hall–Kier alpha value is -3.29. The van der Waals surface area contributed by atoms with Gasteiger partial charge in [0.2, 0.25) is 0 Å². The summed E-state index contributed by atoms with van der Waals surface area (Å²) in [6.45, 7) is 0. The minimum Gasteiger partial charge on any atom is -0.280 e. The summed E-state index contributed by atoms with van der Waals surface area (Å²) in [5.41, 5.74) is 0.260. The zero-order chi connectivity index (χ0) is 16.7. The lowest BCUT2D eigenvalue weighted by Crippen LogP contribution is -2.37. The predicted molar refractivity (Wildman–Crippen MR) is 84.3 cm³/mol. The van der Waals surface area contributed by atoms with Crippen LogP contribution in [0.4, 0.5) is 5.69 Å². The summed E-state index contributed by atoms with van der Waals surface area (Å²) in [6.07, 6.45) is 0. The van der Waals surface area contributed by atoms with Crippen LogP contribution >= 0.6 is 0 Å². The smallest absolute Gasteiger partial charge is 0.280 e. The Morgan fingerprint density at radius 2 is 1.83 bits per heavy atom. The first kappa shape index (κ1) is 14.6. The third kappa shape index (κ3) is 2.30. The number of rotatable bonds is 2. The molecule has 2 heterocycles. The van der Waals surface area contributed by atoms with Crippen molar-refractivity contribution in [3.8, 4) is 11.3 Å². The van der Waals surface area contributed by atoms with Crippen LogP contribution in [0.2, 0.25) is 0 Å². The van der Waals surface area contributed by atoms with E-state index in [0.717, 1.165) is 4.57 Å². The van der Waals surface area contributed by atoms with Crippen LogP contribution in [-0.2, 0) is 14.1 Å². The Kier molecular flexibility index (Phi) is 3.29. The third-order valence-electron chi connectivity index (χ3n) is 3.65. The second-order valence-electron chi connectivity index (χ2n) is 5.08. The molecule has 8 heteroatoms. The molecular weight excluding hydrogens is 300 g/mol. The summed E-state index contributed by atoms with van der Waals surface area (Å²) in [4.78, 5) is 38.8. The van der Waals surface area contributed by atoms with E-state index in [-0.39, 0.29) is 11.3 Å². The molecule has 0 fully saturated rings. The summed E-state index contributed by atoms with van der Waals surface area (Å²) in [6, 6.07) is 9.19. The van der Waals surface area contributed by atoms with E-state index >= 15 is 0 Å². The summed E-state index contributed by atoms with van der Waals surface area (Å²) >= 11 is 0. The molecule has 0 atom stereocenters. The predicted octanol–water partition coefficient (Wildman–Crippen LogP) is 1.21. The monoisotopic (exact) mass is 312 g/mol. The highest BCUT2D eigenvalue weighted by atomic mass is 16.6. The van der Waals surface area contributed by atoms with Gasteiger partial charge in [-0.15, -0.1) is 0 Å². The number of aromatic nitrogens is 3. The molecule has 0 spiro atoms. The molecule has 0 amide bonds. The molecule has 0 unspecified atom stereocenters. The van der Waals surface area contributed by atoms with E-state index in [4.69, 9.17) is 0 Å². The maximum Gasteiger partial charge on any atom is 0.332 e. The number of nitro groups is 1. The Morgan fingerprint density at radius 3 is 2.52 bits per heavy atom. The molecule has 3 aromatic rings. The van der Waals surface area contributed by atoms with Gasteiger partial charge in [0.1, 0.15) is 5.65 Å². The minimum absolute atomic E-state index is 0.0535. The van der Waals surface area contributed by atoms with E-state index in [1.807, 2.05) is 0 Å². The molecule has 0 N–H and O–H groups in total. The van der Waals surface area contributed by atoms with Gasteiger partial charge >= 0.3 is 5.69 Å². The second-order valence-corrected chi connectivity index (χ2v) is 5.08. The molecule has 3 rings (SSSR count). The number of hydrogen-bond acceptors (Lipinski definition) is 5. The van der Waals surface area contributed by atoms with Crippen molar-refractivity contribution in [1.29, 1.82) is 0 Å². The molecule has 23 heavy (non-hydrogen) atoms. The second kappa shape index (κ2) is 5.16. The Labute approximate surface area is 129 Å². The molecule has 8 nitrogen and oxygen atoms in total. The first-order chi connectivity index (χ1) is 10.9. The van der Waals surface area contributed by atoms with Crippen LogP contribution in [0.15, 0.2) is 46.0 Å². The van der Waals surface area contributed by atoms with Crippen LogP contribution in [0, 0.1) is 10.1 Å². The number of benzene rings is 1. The topological polar surface area (TPSA) is 100 Å². The molecular formula is C15H12N4O4. The lowest BCUT2D eigenvalue weighted by Gasteiger charge is -2.08. The van der Waals surface area contributed by atoms with Crippen LogP contribution in [0.25, 0.3) is 22.3 Å². The van der Waals surface area contributed by atoms with Crippen LogP contribution in [0.5, 0.6) is 0 Å². The van der Waals surface area contributed by atoms with Gasteiger partial charge < -0.3 is 0 Å². The van der Waals surface area contributed by atoms with Crippen LogP contribution in [0.1, 0.15) is 0 Å². The number of pyridine rings is 1. The molecule has 1 aromatic carbocycles. The van der Waals surface area contributed by atoms with Gasteiger partial charge in [-0.2, -0.15) is 0 Å². The molecule has 0 bridgehead atoms. The van der Waals surface area contributed by atoms with Crippen LogP contribution in [-0.4, -0.2) is 19.0 Å². The number of nitro benzene ring substituents is 1. The molecule has 0 aliphatic carbocycles. The number of fused-ring (bicyclic) bond motifs is 1. The fourth-order valence-electron chi connectivity index (χ4n) is 2.39. The third-order valence-corrected chi connectivity index (χ3v) is 3.65. The summed E-state index contributed by atoms with van der Waals surface area (Å²) in [5.74, 6) is 0. The molecule has 2 aromatic heterocycles. The largest absolute Gasteiger partial charge is 0.332 e. The number of non-ortho nitro benzene ring substituents is 1. The maximum atomic E-state index is 12.1. The normalized spacial score (nSPS) is 10.9. The SMILES string of the molecule is Cn1c(=O)c2ccc(-c3cccc([N+](=O)[O-])c3)nc2n(C)c1=O. The van der Waals surface area contributed by atoms with Crippen molar-refractivity contribution >= 4 is 16.7 Å². The Morgan fingerprint density at radius 1 is 1.09 bits per heavy atom. The van der Waals surface area contributed by atoms with Crippen molar-refractivity contribution in [1.82, 2.24) is 14.1 Å². The minimum atomic E-state index is -0.490. The van der Waals surface area contributed by atoms with Gasteiger partial charge in [0.25, 0.3) is 11.2 Å². The summed E-state index contributed by atoms with van der Waals surface area (Å²) in [5, 5.41) is 11.2. The molecule has 0 saturated carbocycles. The fourth-order valence-corrected chi connectivity index (χ4v) is 2.39. The maximum absolute atomic E-state index is 12.1. The average molecular weight is 312 g/mol.